The van der Waals surface area contributed by atoms with E-state index in [-0.39, 0.29) is 0 Å². The SMILES string of the molecule is COc1ccc2nc(CNC(C)Cn3ccnc3)[nH]c2c1. The summed E-state index contributed by atoms with van der Waals surface area (Å²) in [4.78, 5) is 11.9. The van der Waals surface area contributed by atoms with E-state index in [1.807, 2.05) is 30.7 Å². The Bertz CT molecular complexity index is 704. The van der Waals surface area contributed by atoms with E-state index < -0.39 is 0 Å². The Hall–Kier alpha value is -2.34. The van der Waals surface area contributed by atoms with Crippen LogP contribution in [0, 0.1) is 0 Å². The van der Waals surface area contributed by atoms with Crippen molar-refractivity contribution in [3.05, 3.63) is 42.7 Å². The Kier molecular flexibility index (Phi) is 3.87. The topological polar surface area (TPSA) is 67.8 Å². The minimum atomic E-state index is 0.335. The average molecular weight is 285 g/mol. The van der Waals surface area contributed by atoms with Gasteiger partial charge in [-0.15, -0.1) is 0 Å². The van der Waals surface area contributed by atoms with Crippen LogP contribution in [0.1, 0.15) is 12.7 Å². The first-order valence-electron chi connectivity index (χ1n) is 6.96. The predicted molar refractivity (Wildman–Crippen MR) is 81.2 cm³/mol. The number of aromatic amines is 1. The van der Waals surface area contributed by atoms with Crippen LogP contribution >= 0.6 is 0 Å². The van der Waals surface area contributed by atoms with Crippen LogP contribution in [0.4, 0.5) is 0 Å². The zero-order valence-corrected chi connectivity index (χ0v) is 12.2. The molecule has 2 heterocycles. The smallest absolute Gasteiger partial charge is 0.121 e. The van der Waals surface area contributed by atoms with Crippen LogP contribution in [0.2, 0.25) is 0 Å². The molecule has 0 spiro atoms. The molecule has 1 atom stereocenters. The summed E-state index contributed by atoms with van der Waals surface area (Å²) in [5.74, 6) is 1.76. The van der Waals surface area contributed by atoms with Crippen LogP contribution in [-0.2, 0) is 13.1 Å². The summed E-state index contributed by atoms with van der Waals surface area (Å²) >= 11 is 0. The van der Waals surface area contributed by atoms with Crippen LogP contribution in [0.5, 0.6) is 5.75 Å². The van der Waals surface area contributed by atoms with Crippen molar-refractivity contribution in [3.8, 4) is 5.75 Å². The Labute approximate surface area is 123 Å². The van der Waals surface area contributed by atoms with E-state index in [0.717, 1.165) is 29.2 Å². The number of nitrogens with one attached hydrogen (secondary N) is 2. The van der Waals surface area contributed by atoms with Gasteiger partial charge < -0.3 is 19.6 Å². The number of methoxy groups -OCH3 is 1. The molecule has 1 unspecified atom stereocenters. The maximum absolute atomic E-state index is 5.22. The van der Waals surface area contributed by atoms with Gasteiger partial charge in [-0.1, -0.05) is 0 Å². The van der Waals surface area contributed by atoms with Crippen molar-refractivity contribution < 1.29 is 4.74 Å². The number of hydrogen-bond acceptors (Lipinski definition) is 4. The minimum Gasteiger partial charge on any atom is -0.497 e. The minimum absolute atomic E-state index is 0.335. The number of H-pyrrole nitrogens is 1. The second kappa shape index (κ2) is 5.97. The summed E-state index contributed by atoms with van der Waals surface area (Å²) < 4.78 is 7.27. The summed E-state index contributed by atoms with van der Waals surface area (Å²) in [7, 11) is 1.66. The average Bonchev–Trinajstić information content (AvgIpc) is 3.12. The highest BCUT2D eigenvalue weighted by Gasteiger charge is 2.06. The highest BCUT2D eigenvalue weighted by Crippen LogP contribution is 2.18. The molecule has 0 aliphatic carbocycles. The molecule has 0 amide bonds. The molecular formula is C15H19N5O. The monoisotopic (exact) mass is 285 g/mol. The van der Waals surface area contributed by atoms with Gasteiger partial charge in [-0.25, -0.2) is 9.97 Å². The van der Waals surface area contributed by atoms with Gasteiger partial charge in [0.2, 0.25) is 0 Å². The molecule has 110 valence electrons. The fourth-order valence-electron chi connectivity index (χ4n) is 2.30. The normalized spacial score (nSPS) is 12.7. The van der Waals surface area contributed by atoms with E-state index in [1.54, 1.807) is 13.3 Å². The second-order valence-electron chi connectivity index (χ2n) is 5.11. The molecule has 0 radical (unpaired) electrons. The molecule has 0 bridgehead atoms. The molecule has 2 aromatic heterocycles. The molecule has 0 aliphatic rings. The Morgan fingerprint density at radius 1 is 1.43 bits per heavy atom. The fourth-order valence-corrected chi connectivity index (χ4v) is 2.30. The van der Waals surface area contributed by atoms with Gasteiger partial charge in [0, 0.05) is 31.0 Å². The highest BCUT2D eigenvalue weighted by atomic mass is 16.5. The Balaban J connectivity index is 1.62. The summed E-state index contributed by atoms with van der Waals surface area (Å²) in [5.41, 5.74) is 1.95. The number of aromatic nitrogens is 4. The van der Waals surface area contributed by atoms with E-state index in [0.29, 0.717) is 12.6 Å². The summed E-state index contributed by atoms with van der Waals surface area (Å²) in [6.07, 6.45) is 5.58. The van der Waals surface area contributed by atoms with E-state index in [9.17, 15) is 0 Å². The second-order valence-corrected chi connectivity index (χ2v) is 5.11. The third-order valence-electron chi connectivity index (χ3n) is 3.40. The Morgan fingerprint density at radius 3 is 3.10 bits per heavy atom. The van der Waals surface area contributed by atoms with E-state index in [1.165, 1.54) is 0 Å². The van der Waals surface area contributed by atoms with Crippen molar-refractivity contribution in [1.29, 1.82) is 0 Å². The standard InChI is InChI=1S/C15H19N5O/c1-11(9-20-6-5-16-10-20)17-8-15-18-13-4-3-12(21-2)7-14(13)19-15/h3-7,10-11,17H,8-9H2,1-2H3,(H,18,19). The molecule has 0 saturated heterocycles. The number of benzene rings is 1. The lowest BCUT2D eigenvalue weighted by Crippen LogP contribution is -2.29. The van der Waals surface area contributed by atoms with Crippen molar-refractivity contribution in [2.75, 3.05) is 7.11 Å². The fraction of sp³-hybridized carbons (Fsp3) is 0.333. The van der Waals surface area contributed by atoms with Gasteiger partial charge in [0.1, 0.15) is 11.6 Å². The van der Waals surface area contributed by atoms with Crippen LogP contribution in [0.25, 0.3) is 11.0 Å². The zero-order valence-electron chi connectivity index (χ0n) is 12.2. The molecule has 6 nitrogen and oxygen atoms in total. The molecule has 2 N–H and O–H groups in total. The van der Waals surface area contributed by atoms with E-state index in [2.05, 4.69) is 31.8 Å². The van der Waals surface area contributed by atoms with E-state index >= 15 is 0 Å². The third-order valence-corrected chi connectivity index (χ3v) is 3.40. The lowest BCUT2D eigenvalue weighted by Gasteiger charge is -2.13. The van der Waals surface area contributed by atoms with Crippen molar-refractivity contribution in [2.24, 2.45) is 0 Å². The number of nitrogens with zero attached hydrogens (tertiary/aromatic N) is 3. The highest BCUT2D eigenvalue weighted by molar-refractivity contribution is 5.76. The van der Waals surface area contributed by atoms with Crippen molar-refractivity contribution in [3.63, 3.8) is 0 Å². The van der Waals surface area contributed by atoms with Gasteiger partial charge in [-0.2, -0.15) is 0 Å². The first-order valence-corrected chi connectivity index (χ1v) is 6.96. The van der Waals surface area contributed by atoms with Gasteiger partial charge in [-0.05, 0) is 19.1 Å². The number of rotatable bonds is 6. The van der Waals surface area contributed by atoms with E-state index in [4.69, 9.17) is 4.74 Å². The number of fused-ring (bicyclic) bond motifs is 1. The third kappa shape index (κ3) is 3.22. The molecule has 3 rings (SSSR count). The number of ether oxygens (including phenoxy) is 1. The summed E-state index contributed by atoms with van der Waals surface area (Å²) in [6, 6.07) is 6.17. The maximum Gasteiger partial charge on any atom is 0.121 e. The van der Waals surface area contributed by atoms with Gasteiger partial charge in [-0.3, -0.25) is 0 Å². The van der Waals surface area contributed by atoms with Gasteiger partial charge >= 0.3 is 0 Å². The lowest BCUT2D eigenvalue weighted by atomic mass is 10.3. The molecule has 21 heavy (non-hydrogen) atoms. The van der Waals surface area contributed by atoms with Crippen molar-refractivity contribution in [2.45, 2.75) is 26.1 Å². The summed E-state index contributed by atoms with van der Waals surface area (Å²) in [6.45, 7) is 3.73. The molecule has 3 aromatic rings. The van der Waals surface area contributed by atoms with Crippen molar-refractivity contribution in [1.82, 2.24) is 24.8 Å². The van der Waals surface area contributed by atoms with Gasteiger partial charge in [0.05, 0.1) is 31.0 Å². The first-order chi connectivity index (χ1) is 10.2. The predicted octanol–water partition coefficient (Wildman–Crippen LogP) is 1.95. The lowest BCUT2D eigenvalue weighted by molar-refractivity contribution is 0.415. The van der Waals surface area contributed by atoms with Crippen LogP contribution in [0.15, 0.2) is 36.9 Å². The summed E-state index contributed by atoms with van der Waals surface area (Å²) in [5, 5.41) is 3.45. The van der Waals surface area contributed by atoms with Gasteiger partial charge in [0.25, 0.3) is 0 Å². The number of imidazole rings is 2. The maximum atomic E-state index is 5.22. The molecule has 1 aromatic carbocycles. The molecule has 6 heteroatoms. The van der Waals surface area contributed by atoms with Gasteiger partial charge in [0.15, 0.2) is 0 Å². The first kappa shape index (κ1) is 13.6. The molecule has 0 fully saturated rings. The number of hydrogen-bond donors (Lipinski definition) is 2. The molecule has 0 saturated carbocycles. The quantitative estimate of drug-likeness (QED) is 0.726. The van der Waals surface area contributed by atoms with Crippen LogP contribution in [0.3, 0.4) is 0 Å². The van der Waals surface area contributed by atoms with Crippen LogP contribution in [-0.4, -0.2) is 32.7 Å². The molecule has 0 aliphatic heterocycles. The van der Waals surface area contributed by atoms with Crippen molar-refractivity contribution >= 4 is 11.0 Å². The van der Waals surface area contributed by atoms with Crippen LogP contribution < -0.4 is 10.1 Å². The zero-order chi connectivity index (χ0) is 14.7. The largest absolute Gasteiger partial charge is 0.497 e. The molecular weight excluding hydrogens is 266 g/mol. The Morgan fingerprint density at radius 2 is 2.33 bits per heavy atom.